The van der Waals surface area contributed by atoms with Gasteiger partial charge < -0.3 is 10.2 Å². The van der Waals surface area contributed by atoms with Crippen LogP contribution in [0.2, 0.25) is 0 Å². The number of benzene rings is 1. The number of imide groups is 1. The highest BCUT2D eigenvalue weighted by atomic mass is 19.1. The molecule has 6 nitrogen and oxygen atoms in total. The van der Waals surface area contributed by atoms with E-state index in [4.69, 9.17) is 0 Å². The molecular weight excluding hydrogens is 287 g/mol. The average Bonchev–Trinajstić information content (AvgIpc) is 2.55. The molecule has 0 spiro atoms. The molecule has 0 aliphatic carbocycles. The number of rotatable bonds is 3. The second-order valence-corrected chi connectivity index (χ2v) is 5.24. The lowest BCUT2D eigenvalue weighted by molar-refractivity contribution is -0.124. The summed E-state index contributed by atoms with van der Waals surface area (Å²) in [5.74, 6) is -0.559. The number of piperazine rings is 1. The zero-order valence-corrected chi connectivity index (χ0v) is 12.8. The molecule has 2 N–H and O–H groups in total. The predicted molar refractivity (Wildman–Crippen MR) is 82.2 cm³/mol. The maximum absolute atomic E-state index is 12.9. The molecule has 1 fully saturated rings. The van der Waals surface area contributed by atoms with Crippen LogP contribution in [0.25, 0.3) is 0 Å². The van der Waals surface area contributed by atoms with Crippen molar-refractivity contribution in [2.45, 2.75) is 13.0 Å². The van der Waals surface area contributed by atoms with Gasteiger partial charge in [0.25, 0.3) is 0 Å². The van der Waals surface area contributed by atoms with Crippen LogP contribution in [0.15, 0.2) is 24.3 Å². The third-order valence-electron chi connectivity index (χ3n) is 3.90. The first-order valence-corrected chi connectivity index (χ1v) is 7.28. The fraction of sp³-hybridized carbons (Fsp3) is 0.467. The molecule has 1 unspecified atom stereocenters. The van der Waals surface area contributed by atoms with E-state index in [1.54, 1.807) is 19.1 Å². The van der Waals surface area contributed by atoms with Crippen molar-refractivity contribution in [2.24, 2.45) is 0 Å². The molecule has 1 aromatic rings. The Morgan fingerprint density at radius 3 is 2.27 bits per heavy atom. The SMILES string of the molecule is CNC(=O)NC(=O)C(C)N1CCN(c2ccc(F)cc2)CC1. The fourth-order valence-electron chi connectivity index (χ4n) is 2.46. The summed E-state index contributed by atoms with van der Waals surface area (Å²) in [4.78, 5) is 27.3. The first kappa shape index (κ1) is 16.2. The third-order valence-corrected chi connectivity index (χ3v) is 3.90. The molecule has 1 heterocycles. The zero-order valence-electron chi connectivity index (χ0n) is 12.8. The van der Waals surface area contributed by atoms with Crippen LogP contribution in [0.4, 0.5) is 14.9 Å². The van der Waals surface area contributed by atoms with Crippen molar-refractivity contribution in [1.82, 2.24) is 15.5 Å². The Kier molecular flexibility index (Phi) is 5.32. The highest BCUT2D eigenvalue weighted by Gasteiger charge is 2.26. The van der Waals surface area contributed by atoms with Crippen molar-refractivity contribution < 1.29 is 14.0 Å². The zero-order chi connectivity index (χ0) is 16.1. The minimum Gasteiger partial charge on any atom is -0.369 e. The summed E-state index contributed by atoms with van der Waals surface area (Å²) in [5, 5.41) is 4.65. The second-order valence-electron chi connectivity index (χ2n) is 5.24. The van der Waals surface area contributed by atoms with Gasteiger partial charge in [0.2, 0.25) is 5.91 Å². The van der Waals surface area contributed by atoms with E-state index in [0.29, 0.717) is 13.1 Å². The molecule has 1 saturated heterocycles. The van der Waals surface area contributed by atoms with Crippen LogP contribution in [-0.2, 0) is 4.79 Å². The Hall–Kier alpha value is -2.15. The van der Waals surface area contributed by atoms with E-state index in [2.05, 4.69) is 15.5 Å². The van der Waals surface area contributed by atoms with Crippen LogP contribution < -0.4 is 15.5 Å². The third kappa shape index (κ3) is 3.94. The van der Waals surface area contributed by atoms with Gasteiger partial charge in [0, 0.05) is 38.9 Å². The van der Waals surface area contributed by atoms with E-state index >= 15 is 0 Å². The Bertz CT molecular complexity index is 527. The molecule has 3 amide bonds. The topological polar surface area (TPSA) is 64.7 Å². The Morgan fingerprint density at radius 1 is 1.14 bits per heavy atom. The van der Waals surface area contributed by atoms with Crippen molar-refractivity contribution in [2.75, 3.05) is 38.1 Å². The maximum Gasteiger partial charge on any atom is 0.321 e. The van der Waals surface area contributed by atoms with E-state index in [1.165, 1.54) is 19.2 Å². The molecule has 0 bridgehead atoms. The van der Waals surface area contributed by atoms with Gasteiger partial charge in [-0.25, -0.2) is 9.18 Å². The van der Waals surface area contributed by atoms with Crippen molar-refractivity contribution in [3.8, 4) is 0 Å². The molecule has 0 radical (unpaired) electrons. The summed E-state index contributed by atoms with van der Waals surface area (Å²) in [6.07, 6.45) is 0. The summed E-state index contributed by atoms with van der Waals surface area (Å²) in [6.45, 7) is 4.71. The van der Waals surface area contributed by atoms with E-state index < -0.39 is 6.03 Å². The normalized spacial score (nSPS) is 17.0. The van der Waals surface area contributed by atoms with Crippen LogP contribution in [0.1, 0.15) is 6.92 Å². The molecular formula is C15H21FN4O2. The van der Waals surface area contributed by atoms with Crippen molar-refractivity contribution in [3.63, 3.8) is 0 Å². The number of nitrogens with zero attached hydrogens (tertiary/aromatic N) is 2. The maximum atomic E-state index is 12.9. The van der Waals surface area contributed by atoms with E-state index in [0.717, 1.165) is 18.8 Å². The van der Waals surface area contributed by atoms with Gasteiger partial charge in [0.05, 0.1) is 6.04 Å². The first-order chi connectivity index (χ1) is 10.5. The number of carbonyl (C=O) groups excluding carboxylic acids is 2. The molecule has 1 atom stereocenters. The van der Waals surface area contributed by atoms with E-state index in [9.17, 15) is 14.0 Å². The summed E-state index contributed by atoms with van der Waals surface area (Å²) in [5.41, 5.74) is 0.975. The number of hydrogen-bond donors (Lipinski definition) is 2. The monoisotopic (exact) mass is 308 g/mol. The van der Waals surface area contributed by atoms with Gasteiger partial charge in [-0.1, -0.05) is 0 Å². The molecule has 0 saturated carbocycles. The number of anilines is 1. The van der Waals surface area contributed by atoms with E-state index in [1.807, 2.05) is 4.90 Å². The van der Waals surface area contributed by atoms with Crippen LogP contribution in [-0.4, -0.2) is 56.1 Å². The molecule has 1 aliphatic rings. The summed E-state index contributed by atoms with van der Waals surface area (Å²) in [6, 6.07) is 5.54. The van der Waals surface area contributed by atoms with Gasteiger partial charge >= 0.3 is 6.03 Å². The van der Waals surface area contributed by atoms with Gasteiger partial charge in [-0.05, 0) is 31.2 Å². The summed E-state index contributed by atoms with van der Waals surface area (Å²) < 4.78 is 12.9. The Morgan fingerprint density at radius 2 is 1.73 bits per heavy atom. The van der Waals surface area contributed by atoms with Crippen LogP contribution >= 0.6 is 0 Å². The standard InChI is InChI=1S/C15H21FN4O2/c1-11(14(21)18-15(22)17-2)19-7-9-20(10-8-19)13-5-3-12(16)4-6-13/h3-6,11H,7-10H2,1-2H3,(H2,17,18,21,22). The lowest BCUT2D eigenvalue weighted by atomic mass is 10.2. The largest absolute Gasteiger partial charge is 0.369 e. The lowest BCUT2D eigenvalue weighted by Crippen LogP contribution is -2.55. The molecule has 0 aromatic heterocycles. The molecule has 7 heteroatoms. The number of amides is 3. The summed E-state index contributed by atoms with van der Waals surface area (Å²) >= 11 is 0. The highest BCUT2D eigenvalue weighted by molar-refractivity contribution is 5.96. The number of hydrogen-bond acceptors (Lipinski definition) is 4. The quantitative estimate of drug-likeness (QED) is 0.866. The molecule has 1 aromatic carbocycles. The first-order valence-electron chi connectivity index (χ1n) is 7.28. The Balaban J connectivity index is 1.87. The fourth-order valence-corrected chi connectivity index (χ4v) is 2.46. The van der Waals surface area contributed by atoms with Gasteiger partial charge in [0.15, 0.2) is 0 Å². The van der Waals surface area contributed by atoms with Gasteiger partial charge in [0.1, 0.15) is 5.82 Å². The van der Waals surface area contributed by atoms with Gasteiger partial charge in [-0.2, -0.15) is 0 Å². The minimum absolute atomic E-state index is 0.248. The van der Waals surface area contributed by atoms with Crippen molar-refractivity contribution in [3.05, 3.63) is 30.1 Å². The van der Waals surface area contributed by atoms with Crippen LogP contribution in [0.5, 0.6) is 0 Å². The number of carbonyl (C=O) groups is 2. The summed E-state index contributed by atoms with van der Waals surface area (Å²) in [7, 11) is 1.47. The molecule has 22 heavy (non-hydrogen) atoms. The van der Waals surface area contributed by atoms with Crippen LogP contribution in [0.3, 0.4) is 0 Å². The Labute approximate surface area is 129 Å². The second kappa shape index (κ2) is 7.22. The molecule has 1 aliphatic heterocycles. The van der Waals surface area contributed by atoms with Crippen molar-refractivity contribution in [1.29, 1.82) is 0 Å². The van der Waals surface area contributed by atoms with Crippen LogP contribution in [0, 0.1) is 5.82 Å². The lowest BCUT2D eigenvalue weighted by Gasteiger charge is -2.38. The van der Waals surface area contributed by atoms with Gasteiger partial charge in [-0.3, -0.25) is 15.0 Å². The average molecular weight is 308 g/mol. The molecule has 2 rings (SSSR count). The number of halogens is 1. The molecule has 120 valence electrons. The number of urea groups is 1. The van der Waals surface area contributed by atoms with Crippen molar-refractivity contribution >= 4 is 17.6 Å². The predicted octanol–water partition coefficient (Wildman–Crippen LogP) is 0.792. The van der Waals surface area contributed by atoms with Gasteiger partial charge in [-0.15, -0.1) is 0 Å². The van der Waals surface area contributed by atoms with E-state index in [-0.39, 0.29) is 17.8 Å². The minimum atomic E-state index is -0.498. The highest BCUT2D eigenvalue weighted by Crippen LogP contribution is 2.17. The smallest absolute Gasteiger partial charge is 0.321 e. The number of nitrogens with one attached hydrogen (secondary N) is 2.